The van der Waals surface area contributed by atoms with E-state index in [2.05, 4.69) is 29.2 Å². The van der Waals surface area contributed by atoms with Gasteiger partial charge in [0.05, 0.1) is 6.54 Å². The van der Waals surface area contributed by atoms with Crippen LogP contribution in [-0.2, 0) is 4.79 Å². The van der Waals surface area contributed by atoms with E-state index in [0.29, 0.717) is 6.54 Å². The molecule has 0 unspecified atom stereocenters. The molecule has 2 fully saturated rings. The van der Waals surface area contributed by atoms with Gasteiger partial charge in [-0.15, -0.1) is 0 Å². The van der Waals surface area contributed by atoms with Crippen LogP contribution in [0.2, 0.25) is 0 Å². The van der Waals surface area contributed by atoms with Gasteiger partial charge in [0.25, 0.3) is 0 Å². The average molecular weight is 268 g/mol. The van der Waals surface area contributed by atoms with Gasteiger partial charge in [-0.1, -0.05) is 0 Å². The number of rotatable bonds is 4. The van der Waals surface area contributed by atoms with Crippen LogP contribution in [0.3, 0.4) is 0 Å². The second kappa shape index (κ2) is 7.22. The van der Waals surface area contributed by atoms with E-state index in [0.717, 1.165) is 38.6 Å². The molecule has 0 radical (unpaired) electrons. The quantitative estimate of drug-likeness (QED) is 0.759. The molecule has 19 heavy (non-hydrogen) atoms. The molecule has 1 amide bonds. The summed E-state index contributed by atoms with van der Waals surface area (Å²) in [5, 5.41) is 3.28. The lowest BCUT2D eigenvalue weighted by Gasteiger charge is -2.33. The highest BCUT2D eigenvalue weighted by molar-refractivity contribution is 5.78. The molecule has 0 aromatic heterocycles. The highest BCUT2D eigenvalue weighted by Gasteiger charge is 2.21. The largest absolute Gasteiger partial charge is 0.339 e. The summed E-state index contributed by atoms with van der Waals surface area (Å²) in [6.07, 6.45) is 2.53. The molecule has 0 aromatic carbocycles. The van der Waals surface area contributed by atoms with Crippen molar-refractivity contribution >= 4 is 5.91 Å². The Morgan fingerprint density at radius 2 is 1.84 bits per heavy atom. The Bertz CT molecular complexity index is 283. The molecule has 0 atom stereocenters. The molecular formula is C14H28N4O. The fraction of sp³-hybridized carbons (Fsp3) is 0.929. The zero-order valence-corrected chi connectivity index (χ0v) is 12.4. The van der Waals surface area contributed by atoms with Gasteiger partial charge in [-0.05, 0) is 45.9 Å². The standard InChI is InChI=1S/C14H28N4O/c1-16-7-3-13(4-8-16)11-17(2)12-14(19)18-9-5-15-6-10-18/h13,15H,3-12H2,1-2H3. The topological polar surface area (TPSA) is 38.8 Å². The van der Waals surface area contributed by atoms with Crippen molar-refractivity contribution in [3.63, 3.8) is 0 Å². The van der Waals surface area contributed by atoms with Crippen LogP contribution in [-0.4, -0.2) is 87.1 Å². The Hall–Kier alpha value is -0.650. The Labute approximate surface area is 116 Å². The van der Waals surface area contributed by atoms with Gasteiger partial charge in [-0.3, -0.25) is 9.69 Å². The van der Waals surface area contributed by atoms with E-state index in [1.54, 1.807) is 0 Å². The fourth-order valence-corrected chi connectivity index (χ4v) is 3.00. The zero-order chi connectivity index (χ0) is 13.7. The lowest BCUT2D eigenvalue weighted by Crippen LogP contribution is -2.49. The molecule has 2 saturated heterocycles. The lowest BCUT2D eigenvalue weighted by molar-refractivity contribution is -0.132. The van der Waals surface area contributed by atoms with Crippen molar-refractivity contribution < 1.29 is 4.79 Å². The maximum Gasteiger partial charge on any atom is 0.236 e. The van der Waals surface area contributed by atoms with Gasteiger partial charge < -0.3 is 15.1 Å². The van der Waals surface area contributed by atoms with Crippen LogP contribution in [0.4, 0.5) is 0 Å². The summed E-state index contributed by atoms with van der Waals surface area (Å²) >= 11 is 0. The lowest BCUT2D eigenvalue weighted by atomic mass is 9.97. The molecule has 5 heteroatoms. The van der Waals surface area contributed by atoms with Crippen LogP contribution in [0.15, 0.2) is 0 Å². The number of piperidine rings is 1. The Balaban J connectivity index is 1.68. The monoisotopic (exact) mass is 268 g/mol. The summed E-state index contributed by atoms with van der Waals surface area (Å²) in [6.45, 7) is 7.63. The normalized spacial score (nSPS) is 23.0. The van der Waals surface area contributed by atoms with Crippen LogP contribution in [0, 0.1) is 5.92 Å². The molecule has 0 saturated carbocycles. The molecule has 0 bridgehead atoms. The first-order valence-corrected chi connectivity index (χ1v) is 7.50. The smallest absolute Gasteiger partial charge is 0.236 e. The summed E-state index contributed by atoms with van der Waals surface area (Å²) in [5.74, 6) is 1.05. The van der Waals surface area contributed by atoms with E-state index < -0.39 is 0 Å². The second-order valence-corrected chi connectivity index (χ2v) is 6.07. The number of nitrogens with one attached hydrogen (secondary N) is 1. The first-order valence-electron chi connectivity index (χ1n) is 7.50. The molecule has 5 nitrogen and oxygen atoms in total. The number of carbonyl (C=O) groups excluding carboxylic acids is 1. The minimum Gasteiger partial charge on any atom is -0.339 e. The number of likely N-dealkylation sites (N-methyl/N-ethyl adjacent to an activating group) is 1. The summed E-state index contributed by atoms with van der Waals surface area (Å²) in [7, 11) is 4.27. The van der Waals surface area contributed by atoms with Gasteiger partial charge >= 0.3 is 0 Å². The first kappa shape index (κ1) is 14.8. The van der Waals surface area contributed by atoms with E-state index in [-0.39, 0.29) is 5.91 Å². The van der Waals surface area contributed by atoms with Crippen molar-refractivity contribution in [2.45, 2.75) is 12.8 Å². The Morgan fingerprint density at radius 3 is 2.47 bits per heavy atom. The molecule has 2 heterocycles. The fourth-order valence-electron chi connectivity index (χ4n) is 3.00. The first-order chi connectivity index (χ1) is 9.15. The van der Waals surface area contributed by atoms with Crippen molar-refractivity contribution in [3.8, 4) is 0 Å². The predicted octanol–water partition coefficient (Wildman–Crippen LogP) is -0.308. The van der Waals surface area contributed by atoms with Crippen molar-refractivity contribution in [2.75, 3.05) is 66.5 Å². The zero-order valence-electron chi connectivity index (χ0n) is 12.4. The van der Waals surface area contributed by atoms with Crippen LogP contribution >= 0.6 is 0 Å². The molecule has 2 rings (SSSR count). The summed E-state index contributed by atoms with van der Waals surface area (Å²) in [6, 6.07) is 0. The number of piperazine rings is 1. The van der Waals surface area contributed by atoms with Crippen LogP contribution in [0.25, 0.3) is 0 Å². The van der Waals surface area contributed by atoms with Gasteiger partial charge in [0, 0.05) is 32.7 Å². The molecule has 110 valence electrons. The van der Waals surface area contributed by atoms with E-state index in [1.807, 2.05) is 4.90 Å². The number of amides is 1. The van der Waals surface area contributed by atoms with Crippen LogP contribution in [0.1, 0.15) is 12.8 Å². The van der Waals surface area contributed by atoms with Crippen molar-refractivity contribution in [1.82, 2.24) is 20.0 Å². The van der Waals surface area contributed by atoms with Crippen LogP contribution < -0.4 is 5.32 Å². The molecule has 2 aliphatic heterocycles. The molecule has 2 aliphatic rings. The van der Waals surface area contributed by atoms with E-state index >= 15 is 0 Å². The highest BCUT2D eigenvalue weighted by Crippen LogP contribution is 2.16. The average Bonchev–Trinajstić information content (AvgIpc) is 2.42. The number of carbonyl (C=O) groups is 1. The Kier molecular flexibility index (Phi) is 5.60. The van der Waals surface area contributed by atoms with Crippen LogP contribution in [0.5, 0.6) is 0 Å². The molecule has 0 aliphatic carbocycles. The van der Waals surface area contributed by atoms with Crippen molar-refractivity contribution in [1.29, 1.82) is 0 Å². The number of hydrogen-bond donors (Lipinski definition) is 1. The molecule has 1 N–H and O–H groups in total. The molecule has 0 spiro atoms. The SMILES string of the molecule is CN1CCC(CN(C)CC(=O)N2CCNCC2)CC1. The number of likely N-dealkylation sites (tertiary alicyclic amines) is 1. The summed E-state index contributed by atoms with van der Waals surface area (Å²) in [5.41, 5.74) is 0. The maximum atomic E-state index is 12.2. The third kappa shape index (κ3) is 4.75. The van der Waals surface area contributed by atoms with Gasteiger partial charge in [0.1, 0.15) is 0 Å². The minimum atomic E-state index is 0.289. The second-order valence-electron chi connectivity index (χ2n) is 6.07. The third-order valence-electron chi connectivity index (χ3n) is 4.28. The Morgan fingerprint density at radius 1 is 1.21 bits per heavy atom. The van der Waals surface area contributed by atoms with E-state index in [1.165, 1.54) is 25.9 Å². The summed E-state index contributed by atoms with van der Waals surface area (Å²) in [4.78, 5) is 18.7. The van der Waals surface area contributed by atoms with Gasteiger partial charge in [0.15, 0.2) is 0 Å². The van der Waals surface area contributed by atoms with Gasteiger partial charge in [0.2, 0.25) is 5.91 Å². The van der Waals surface area contributed by atoms with E-state index in [9.17, 15) is 4.79 Å². The minimum absolute atomic E-state index is 0.289. The highest BCUT2D eigenvalue weighted by atomic mass is 16.2. The molecule has 0 aromatic rings. The summed E-state index contributed by atoms with van der Waals surface area (Å²) < 4.78 is 0. The molecular weight excluding hydrogens is 240 g/mol. The van der Waals surface area contributed by atoms with Gasteiger partial charge in [-0.25, -0.2) is 0 Å². The predicted molar refractivity (Wildman–Crippen MR) is 77.2 cm³/mol. The van der Waals surface area contributed by atoms with Gasteiger partial charge in [-0.2, -0.15) is 0 Å². The number of hydrogen-bond acceptors (Lipinski definition) is 4. The van der Waals surface area contributed by atoms with Crippen molar-refractivity contribution in [3.05, 3.63) is 0 Å². The maximum absolute atomic E-state index is 12.2. The van der Waals surface area contributed by atoms with Crippen molar-refractivity contribution in [2.24, 2.45) is 5.92 Å². The number of nitrogens with zero attached hydrogens (tertiary/aromatic N) is 3. The third-order valence-corrected chi connectivity index (χ3v) is 4.28. The van der Waals surface area contributed by atoms with E-state index in [4.69, 9.17) is 0 Å².